The topological polar surface area (TPSA) is 29.4 Å². The summed E-state index contributed by atoms with van der Waals surface area (Å²) in [7, 11) is 0. The van der Waals surface area contributed by atoms with Crippen LogP contribution in [0.15, 0.2) is 28.8 Å². The van der Waals surface area contributed by atoms with Crippen molar-refractivity contribution in [2.75, 3.05) is 0 Å². The van der Waals surface area contributed by atoms with Gasteiger partial charge in [0.05, 0.1) is 17.0 Å². The van der Waals surface area contributed by atoms with Crippen LogP contribution in [0.3, 0.4) is 0 Å². The van der Waals surface area contributed by atoms with Crippen LogP contribution in [0, 0.1) is 11.6 Å². The fourth-order valence-corrected chi connectivity index (χ4v) is 1.80. The van der Waals surface area contributed by atoms with Crippen molar-refractivity contribution in [1.29, 1.82) is 0 Å². The molecule has 0 unspecified atom stereocenters. The summed E-state index contributed by atoms with van der Waals surface area (Å²) in [4.78, 5) is 15.2. The molecule has 1 aliphatic heterocycles. The van der Waals surface area contributed by atoms with Crippen LogP contribution in [-0.2, 0) is 4.79 Å². The first-order chi connectivity index (χ1) is 8.00. The van der Waals surface area contributed by atoms with Crippen LogP contribution in [0.5, 0.6) is 0 Å². The predicted molar refractivity (Wildman–Crippen MR) is 61.7 cm³/mol. The fraction of sp³-hybridized carbons (Fsp3) is 0.231. The number of aliphatic imine (C=N–C) groups is 1. The molecule has 0 N–H and O–H groups in total. The van der Waals surface area contributed by atoms with Gasteiger partial charge in [-0.05, 0) is 24.6 Å². The van der Waals surface area contributed by atoms with Gasteiger partial charge in [-0.15, -0.1) is 0 Å². The Balaban J connectivity index is 2.54. The SMILES string of the molecule is CC(=O)C1=NC(c2c(F)cccc2F)=C(C)C1. The van der Waals surface area contributed by atoms with Crippen LogP contribution < -0.4 is 0 Å². The van der Waals surface area contributed by atoms with Crippen molar-refractivity contribution < 1.29 is 13.6 Å². The molecule has 0 aromatic heterocycles. The van der Waals surface area contributed by atoms with E-state index >= 15 is 0 Å². The number of rotatable bonds is 2. The molecule has 0 saturated heterocycles. The Morgan fingerprint density at radius 3 is 2.35 bits per heavy atom. The molecule has 1 aliphatic rings. The monoisotopic (exact) mass is 235 g/mol. The fourth-order valence-electron chi connectivity index (χ4n) is 1.80. The predicted octanol–water partition coefficient (Wildman–Crippen LogP) is 3.13. The van der Waals surface area contributed by atoms with Gasteiger partial charge < -0.3 is 0 Å². The zero-order valence-electron chi connectivity index (χ0n) is 9.55. The maximum atomic E-state index is 13.6. The summed E-state index contributed by atoms with van der Waals surface area (Å²) < 4.78 is 27.2. The number of allylic oxidation sites excluding steroid dienone is 1. The van der Waals surface area contributed by atoms with E-state index in [0.717, 1.165) is 0 Å². The summed E-state index contributed by atoms with van der Waals surface area (Å²) in [6.07, 6.45) is 0.360. The van der Waals surface area contributed by atoms with Gasteiger partial charge in [-0.2, -0.15) is 0 Å². The van der Waals surface area contributed by atoms with Gasteiger partial charge >= 0.3 is 0 Å². The third-order valence-corrected chi connectivity index (χ3v) is 2.69. The van der Waals surface area contributed by atoms with Crippen molar-refractivity contribution >= 4 is 17.2 Å². The molecule has 88 valence electrons. The normalized spacial score (nSPS) is 15.2. The van der Waals surface area contributed by atoms with Gasteiger partial charge in [0.1, 0.15) is 11.6 Å². The van der Waals surface area contributed by atoms with Crippen molar-refractivity contribution in [2.24, 2.45) is 4.99 Å². The second-order valence-electron chi connectivity index (χ2n) is 4.02. The lowest BCUT2D eigenvalue weighted by Crippen LogP contribution is -2.06. The summed E-state index contributed by atoms with van der Waals surface area (Å²) in [5.41, 5.74) is 1.14. The summed E-state index contributed by atoms with van der Waals surface area (Å²) in [6.45, 7) is 3.12. The molecular weight excluding hydrogens is 224 g/mol. The van der Waals surface area contributed by atoms with Crippen LogP contribution in [0.2, 0.25) is 0 Å². The van der Waals surface area contributed by atoms with Crippen molar-refractivity contribution in [2.45, 2.75) is 20.3 Å². The number of halogens is 2. The van der Waals surface area contributed by atoms with Gasteiger partial charge in [0.25, 0.3) is 0 Å². The maximum Gasteiger partial charge on any atom is 0.174 e. The van der Waals surface area contributed by atoms with E-state index in [-0.39, 0.29) is 17.0 Å². The zero-order chi connectivity index (χ0) is 12.6. The number of nitrogens with zero attached hydrogens (tertiary/aromatic N) is 1. The highest BCUT2D eigenvalue weighted by molar-refractivity contribution is 6.41. The minimum atomic E-state index is -0.659. The van der Waals surface area contributed by atoms with Crippen molar-refractivity contribution in [3.8, 4) is 0 Å². The molecule has 1 aromatic rings. The van der Waals surface area contributed by atoms with Gasteiger partial charge in [-0.1, -0.05) is 6.07 Å². The van der Waals surface area contributed by atoms with Gasteiger partial charge in [0, 0.05) is 13.3 Å². The average molecular weight is 235 g/mol. The van der Waals surface area contributed by atoms with E-state index in [2.05, 4.69) is 4.99 Å². The maximum absolute atomic E-state index is 13.6. The molecule has 0 amide bonds. The lowest BCUT2D eigenvalue weighted by atomic mass is 10.1. The molecule has 0 radical (unpaired) electrons. The third kappa shape index (κ3) is 2.02. The summed E-state index contributed by atoms with van der Waals surface area (Å²) >= 11 is 0. The molecule has 0 atom stereocenters. The number of hydrogen-bond acceptors (Lipinski definition) is 2. The van der Waals surface area contributed by atoms with Crippen LogP contribution in [0.4, 0.5) is 8.78 Å². The van der Waals surface area contributed by atoms with Gasteiger partial charge in [-0.3, -0.25) is 4.79 Å². The number of carbonyl (C=O) groups excluding carboxylic acids is 1. The second-order valence-corrected chi connectivity index (χ2v) is 4.02. The first-order valence-corrected chi connectivity index (χ1v) is 5.23. The highest BCUT2D eigenvalue weighted by Crippen LogP contribution is 2.31. The Hall–Kier alpha value is -1.84. The van der Waals surface area contributed by atoms with E-state index in [1.807, 2.05) is 0 Å². The molecule has 17 heavy (non-hydrogen) atoms. The molecule has 0 aliphatic carbocycles. The Labute approximate surface area is 97.7 Å². The summed E-state index contributed by atoms with van der Waals surface area (Å²) in [6, 6.07) is 3.66. The van der Waals surface area contributed by atoms with Gasteiger partial charge in [-0.25, -0.2) is 13.8 Å². The van der Waals surface area contributed by atoms with E-state index < -0.39 is 11.6 Å². The standard InChI is InChI=1S/C13H11F2NO/c1-7-6-11(8(2)17)16-13(7)12-9(14)4-3-5-10(12)15/h3-5H,6H2,1-2H3. The Morgan fingerprint density at radius 2 is 1.88 bits per heavy atom. The minimum Gasteiger partial charge on any atom is -0.293 e. The van der Waals surface area contributed by atoms with Crippen molar-refractivity contribution in [3.63, 3.8) is 0 Å². The molecule has 2 rings (SSSR count). The molecule has 0 saturated carbocycles. The molecule has 1 heterocycles. The van der Waals surface area contributed by atoms with E-state index in [0.29, 0.717) is 17.7 Å². The largest absolute Gasteiger partial charge is 0.293 e. The first kappa shape index (κ1) is 11.6. The molecule has 4 heteroatoms. The zero-order valence-corrected chi connectivity index (χ0v) is 9.55. The van der Waals surface area contributed by atoms with E-state index in [4.69, 9.17) is 0 Å². The smallest absolute Gasteiger partial charge is 0.174 e. The van der Waals surface area contributed by atoms with Crippen molar-refractivity contribution in [3.05, 3.63) is 41.0 Å². The number of Topliss-reactive ketones (excluding diaryl/α,β-unsaturated/α-hetero) is 1. The number of hydrogen-bond donors (Lipinski definition) is 0. The average Bonchev–Trinajstić information content (AvgIpc) is 2.61. The first-order valence-electron chi connectivity index (χ1n) is 5.23. The minimum absolute atomic E-state index is 0.152. The third-order valence-electron chi connectivity index (χ3n) is 2.69. The molecule has 0 fully saturated rings. The molecule has 0 spiro atoms. The Bertz CT molecular complexity index is 538. The second kappa shape index (κ2) is 4.20. The van der Waals surface area contributed by atoms with Crippen molar-refractivity contribution in [1.82, 2.24) is 0 Å². The van der Waals surface area contributed by atoms with E-state index in [1.165, 1.54) is 25.1 Å². The van der Waals surface area contributed by atoms with E-state index in [9.17, 15) is 13.6 Å². The van der Waals surface area contributed by atoms with Gasteiger partial charge in [0.15, 0.2) is 5.78 Å². The van der Waals surface area contributed by atoms with Crippen LogP contribution in [-0.4, -0.2) is 11.5 Å². The molecule has 1 aromatic carbocycles. The Kier molecular flexibility index (Phi) is 2.88. The lowest BCUT2D eigenvalue weighted by molar-refractivity contribution is -0.111. The molecular formula is C13H11F2NO. The van der Waals surface area contributed by atoms with Crippen LogP contribution >= 0.6 is 0 Å². The molecule has 0 bridgehead atoms. The van der Waals surface area contributed by atoms with Gasteiger partial charge in [0.2, 0.25) is 0 Å². The highest BCUT2D eigenvalue weighted by atomic mass is 19.1. The number of ketones is 1. The summed E-state index contributed by atoms with van der Waals surface area (Å²) in [5.74, 6) is -1.49. The number of carbonyl (C=O) groups is 1. The van der Waals surface area contributed by atoms with Crippen LogP contribution in [0.25, 0.3) is 5.70 Å². The number of benzene rings is 1. The summed E-state index contributed by atoms with van der Waals surface area (Å²) in [5, 5.41) is 0. The highest BCUT2D eigenvalue weighted by Gasteiger charge is 2.23. The molecule has 2 nitrogen and oxygen atoms in total. The Morgan fingerprint density at radius 1 is 1.29 bits per heavy atom. The van der Waals surface area contributed by atoms with E-state index in [1.54, 1.807) is 6.92 Å². The quantitative estimate of drug-likeness (QED) is 0.774. The van der Waals surface area contributed by atoms with Crippen LogP contribution in [0.1, 0.15) is 25.8 Å². The lowest BCUT2D eigenvalue weighted by Gasteiger charge is -2.04.